The molecule has 1 aromatic carbocycles. The maximum absolute atomic E-state index is 12.3. The van der Waals surface area contributed by atoms with E-state index in [-0.39, 0.29) is 10.8 Å². The van der Waals surface area contributed by atoms with Crippen molar-refractivity contribution in [3.05, 3.63) is 62.5 Å². The summed E-state index contributed by atoms with van der Waals surface area (Å²) in [6.07, 6.45) is 0. The fraction of sp³-hybridized carbons (Fsp3) is 0.294. The van der Waals surface area contributed by atoms with Crippen molar-refractivity contribution in [3.8, 4) is 0 Å². The zero-order valence-corrected chi connectivity index (χ0v) is 14.5. The number of nitrogens with one attached hydrogen (secondary N) is 1. The second-order valence-corrected chi connectivity index (χ2v) is 7.89. The van der Waals surface area contributed by atoms with Gasteiger partial charge in [0.1, 0.15) is 10.7 Å². The van der Waals surface area contributed by atoms with Gasteiger partial charge in [0, 0.05) is 10.6 Å². The SMILES string of the molecule is Cc1sc2nc([C@H](C)SCc3ccccc3)[nH]c(=O)c2c1C. The highest BCUT2D eigenvalue weighted by Gasteiger charge is 2.15. The summed E-state index contributed by atoms with van der Waals surface area (Å²) in [7, 11) is 0. The number of aryl methyl sites for hydroxylation is 2. The lowest BCUT2D eigenvalue weighted by molar-refractivity contribution is 0.925. The molecule has 0 aliphatic rings. The molecule has 22 heavy (non-hydrogen) atoms. The van der Waals surface area contributed by atoms with Gasteiger partial charge in [-0.15, -0.1) is 23.1 Å². The fourth-order valence-corrected chi connectivity index (χ4v) is 4.28. The number of fused-ring (bicyclic) bond motifs is 1. The maximum Gasteiger partial charge on any atom is 0.259 e. The molecule has 0 fully saturated rings. The van der Waals surface area contributed by atoms with E-state index in [0.717, 1.165) is 32.2 Å². The number of thioether (sulfide) groups is 1. The van der Waals surface area contributed by atoms with E-state index >= 15 is 0 Å². The first-order chi connectivity index (χ1) is 10.6. The highest BCUT2D eigenvalue weighted by molar-refractivity contribution is 7.98. The zero-order chi connectivity index (χ0) is 15.7. The van der Waals surface area contributed by atoms with E-state index in [1.807, 2.05) is 32.0 Å². The summed E-state index contributed by atoms with van der Waals surface area (Å²) in [5.41, 5.74) is 2.31. The Morgan fingerprint density at radius 2 is 2.00 bits per heavy atom. The first kappa shape index (κ1) is 15.3. The molecule has 0 saturated carbocycles. The van der Waals surface area contributed by atoms with E-state index in [9.17, 15) is 4.79 Å². The van der Waals surface area contributed by atoms with Crippen LogP contribution in [0.1, 0.15) is 34.0 Å². The van der Waals surface area contributed by atoms with E-state index in [2.05, 4.69) is 29.0 Å². The number of hydrogen-bond acceptors (Lipinski definition) is 4. The van der Waals surface area contributed by atoms with Crippen LogP contribution in [0.5, 0.6) is 0 Å². The highest BCUT2D eigenvalue weighted by atomic mass is 32.2. The van der Waals surface area contributed by atoms with Gasteiger partial charge in [0.05, 0.1) is 10.6 Å². The summed E-state index contributed by atoms with van der Waals surface area (Å²) in [5.74, 6) is 1.67. The van der Waals surface area contributed by atoms with Gasteiger partial charge in [0.2, 0.25) is 0 Å². The molecule has 1 atom stereocenters. The van der Waals surface area contributed by atoms with E-state index in [1.54, 1.807) is 23.1 Å². The molecule has 3 nitrogen and oxygen atoms in total. The average molecular weight is 330 g/mol. The van der Waals surface area contributed by atoms with Gasteiger partial charge in [-0.25, -0.2) is 4.98 Å². The Morgan fingerprint density at radius 3 is 2.73 bits per heavy atom. The van der Waals surface area contributed by atoms with Crippen LogP contribution in [0.2, 0.25) is 0 Å². The van der Waals surface area contributed by atoms with E-state index in [0.29, 0.717) is 0 Å². The lowest BCUT2D eigenvalue weighted by Gasteiger charge is -2.10. The van der Waals surface area contributed by atoms with Crippen LogP contribution in [0, 0.1) is 13.8 Å². The van der Waals surface area contributed by atoms with Crippen molar-refractivity contribution >= 4 is 33.3 Å². The quantitative estimate of drug-likeness (QED) is 0.760. The number of aromatic amines is 1. The Labute approximate surface area is 137 Å². The molecule has 114 valence electrons. The van der Waals surface area contributed by atoms with Gasteiger partial charge < -0.3 is 4.98 Å². The summed E-state index contributed by atoms with van der Waals surface area (Å²) >= 11 is 3.38. The minimum Gasteiger partial charge on any atom is -0.309 e. The normalized spacial score (nSPS) is 12.7. The largest absolute Gasteiger partial charge is 0.309 e. The third-order valence-electron chi connectivity index (χ3n) is 3.79. The molecule has 0 saturated heterocycles. The molecule has 3 rings (SSSR count). The van der Waals surface area contributed by atoms with Crippen LogP contribution in [0.3, 0.4) is 0 Å². The van der Waals surface area contributed by atoms with Crippen LogP contribution in [0.4, 0.5) is 0 Å². The lowest BCUT2D eigenvalue weighted by Crippen LogP contribution is -2.12. The number of hydrogen-bond donors (Lipinski definition) is 1. The highest BCUT2D eigenvalue weighted by Crippen LogP contribution is 2.31. The number of rotatable bonds is 4. The number of thiophene rings is 1. The first-order valence-electron chi connectivity index (χ1n) is 7.21. The van der Waals surface area contributed by atoms with Gasteiger partial charge >= 0.3 is 0 Å². The second kappa shape index (κ2) is 6.26. The molecule has 1 N–H and O–H groups in total. The van der Waals surface area contributed by atoms with Crippen LogP contribution < -0.4 is 5.56 Å². The summed E-state index contributed by atoms with van der Waals surface area (Å²) in [5, 5.41) is 0.895. The van der Waals surface area contributed by atoms with Crippen molar-refractivity contribution in [1.82, 2.24) is 9.97 Å². The number of benzene rings is 1. The molecule has 0 radical (unpaired) electrons. The van der Waals surface area contributed by atoms with Crippen molar-refractivity contribution in [2.75, 3.05) is 0 Å². The lowest BCUT2D eigenvalue weighted by atomic mass is 10.2. The van der Waals surface area contributed by atoms with Gasteiger partial charge in [0.15, 0.2) is 0 Å². The van der Waals surface area contributed by atoms with Gasteiger partial charge in [0.25, 0.3) is 5.56 Å². The summed E-state index contributed by atoms with van der Waals surface area (Å²) in [6, 6.07) is 10.3. The van der Waals surface area contributed by atoms with Crippen molar-refractivity contribution in [2.24, 2.45) is 0 Å². The Kier molecular flexibility index (Phi) is 4.36. The molecule has 5 heteroatoms. The van der Waals surface area contributed by atoms with Gasteiger partial charge in [-0.05, 0) is 31.9 Å². The van der Waals surface area contributed by atoms with Crippen LogP contribution in [0.15, 0.2) is 35.1 Å². The van der Waals surface area contributed by atoms with Crippen molar-refractivity contribution in [2.45, 2.75) is 31.8 Å². The predicted octanol–water partition coefficient (Wildman–Crippen LogP) is 4.60. The van der Waals surface area contributed by atoms with E-state index < -0.39 is 0 Å². The summed E-state index contributed by atoms with van der Waals surface area (Å²) in [4.78, 5) is 22.0. The molecular formula is C17H18N2OS2. The summed E-state index contributed by atoms with van der Waals surface area (Å²) < 4.78 is 0. The maximum atomic E-state index is 12.3. The van der Waals surface area contributed by atoms with Gasteiger partial charge in [-0.1, -0.05) is 30.3 Å². The molecule has 0 aliphatic heterocycles. The molecule has 0 bridgehead atoms. The number of H-pyrrole nitrogens is 1. The van der Waals surface area contributed by atoms with Crippen LogP contribution in [0.25, 0.3) is 10.2 Å². The fourth-order valence-electron chi connectivity index (χ4n) is 2.34. The molecule has 2 aromatic heterocycles. The Balaban J connectivity index is 1.85. The zero-order valence-electron chi connectivity index (χ0n) is 12.8. The number of aromatic nitrogens is 2. The first-order valence-corrected chi connectivity index (χ1v) is 9.08. The third kappa shape index (κ3) is 2.96. The van der Waals surface area contributed by atoms with Crippen LogP contribution in [-0.2, 0) is 5.75 Å². The standard InChI is InChI=1S/C17H18N2OS2/c1-10-11(2)22-17-14(10)16(20)18-15(19-17)12(3)21-9-13-7-5-4-6-8-13/h4-8,12H,9H2,1-3H3,(H,18,19,20)/t12-/m0/s1. The molecule has 0 spiro atoms. The van der Waals surface area contributed by atoms with Crippen LogP contribution in [-0.4, -0.2) is 9.97 Å². The summed E-state index contributed by atoms with van der Waals surface area (Å²) in [6.45, 7) is 6.11. The topological polar surface area (TPSA) is 45.8 Å². The Bertz CT molecular complexity index is 852. The predicted molar refractivity (Wildman–Crippen MR) is 95.9 cm³/mol. The van der Waals surface area contributed by atoms with Crippen LogP contribution >= 0.6 is 23.1 Å². The minimum atomic E-state index is -0.0194. The van der Waals surface area contributed by atoms with Crippen molar-refractivity contribution in [3.63, 3.8) is 0 Å². The number of nitrogens with zero attached hydrogens (tertiary/aromatic N) is 1. The average Bonchev–Trinajstić information content (AvgIpc) is 2.81. The molecule has 3 aromatic rings. The molecular weight excluding hydrogens is 312 g/mol. The van der Waals surface area contributed by atoms with Crippen molar-refractivity contribution in [1.29, 1.82) is 0 Å². The van der Waals surface area contributed by atoms with E-state index in [1.165, 1.54) is 5.56 Å². The monoisotopic (exact) mass is 330 g/mol. The minimum absolute atomic E-state index is 0.0194. The molecule has 0 amide bonds. The Morgan fingerprint density at radius 1 is 1.27 bits per heavy atom. The van der Waals surface area contributed by atoms with E-state index in [4.69, 9.17) is 0 Å². The molecule has 2 heterocycles. The Hall–Kier alpha value is -1.59. The second-order valence-electron chi connectivity index (χ2n) is 5.35. The van der Waals surface area contributed by atoms with Crippen molar-refractivity contribution < 1.29 is 0 Å². The smallest absolute Gasteiger partial charge is 0.259 e. The molecule has 0 aliphatic carbocycles. The molecule has 0 unspecified atom stereocenters. The third-order valence-corrected chi connectivity index (χ3v) is 6.11. The van der Waals surface area contributed by atoms with Gasteiger partial charge in [-0.3, -0.25) is 4.79 Å². The van der Waals surface area contributed by atoms with Gasteiger partial charge in [-0.2, -0.15) is 0 Å².